The van der Waals surface area contributed by atoms with Gasteiger partial charge in [-0.1, -0.05) is 78.1 Å². The normalized spacial score (nSPS) is 10.9. The lowest BCUT2D eigenvalue weighted by atomic mass is 9.92. The van der Waals surface area contributed by atoms with Crippen LogP contribution in [0.4, 0.5) is 0 Å². The molecule has 0 spiro atoms. The van der Waals surface area contributed by atoms with E-state index < -0.39 is 68.7 Å². The van der Waals surface area contributed by atoms with Gasteiger partial charge in [0.15, 0.2) is 23.0 Å². The summed E-state index contributed by atoms with van der Waals surface area (Å²) in [6, 6.07) is 1.64. The molecule has 0 aliphatic carbocycles. The predicted molar refractivity (Wildman–Crippen MR) is 149 cm³/mol. The molecule has 0 saturated heterocycles. The molecule has 40 heavy (non-hydrogen) atoms. The number of hydrogen-bond acceptors (Lipinski definition) is 10. The zero-order valence-electron chi connectivity index (χ0n) is 23.4. The van der Waals surface area contributed by atoms with Gasteiger partial charge in [0.2, 0.25) is 11.5 Å². The molecule has 0 heterocycles. The van der Waals surface area contributed by atoms with Gasteiger partial charge in [-0.3, -0.25) is 0 Å². The van der Waals surface area contributed by atoms with Crippen LogP contribution in [0.1, 0.15) is 112 Å². The van der Waals surface area contributed by atoms with E-state index in [2.05, 4.69) is 13.8 Å². The van der Waals surface area contributed by atoms with Gasteiger partial charge in [-0.2, -0.15) is 0 Å². The van der Waals surface area contributed by atoms with Gasteiger partial charge in [0.05, 0.1) is 24.3 Å². The van der Waals surface area contributed by atoms with Crippen molar-refractivity contribution >= 4 is 11.9 Å². The van der Waals surface area contributed by atoms with Gasteiger partial charge in [-0.15, -0.1) is 0 Å². The lowest BCUT2D eigenvalue weighted by Crippen LogP contribution is -2.12. The standard InChI is InChI=1S/C30H42O10/c1-3-5-7-9-11-13-15-39-29(37)19-17-21(31)25(33)27(35)23(19)24-20(18-22(32)26(34)28(24)36)30(38)40-16-14-12-10-8-6-4-2/h17-18,31-36H,3-16H2,1-2H3. The number of carbonyl (C=O) groups excluding carboxylic acids is 2. The molecule has 10 heteroatoms. The smallest absolute Gasteiger partial charge is 0.339 e. The number of phenolic OH excluding ortho intramolecular Hbond substituents is 6. The molecular formula is C30H42O10. The van der Waals surface area contributed by atoms with Crippen LogP contribution in [-0.2, 0) is 9.47 Å². The Balaban J connectivity index is 2.38. The highest BCUT2D eigenvalue weighted by molar-refractivity contribution is 6.08. The molecule has 0 aliphatic heterocycles. The molecule has 2 aromatic carbocycles. The number of carbonyl (C=O) groups is 2. The molecule has 0 bridgehead atoms. The highest BCUT2D eigenvalue weighted by Crippen LogP contribution is 2.52. The summed E-state index contributed by atoms with van der Waals surface area (Å²) >= 11 is 0. The zero-order chi connectivity index (χ0) is 29.7. The summed E-state index contributed by atoms with van der Waals surface area (Å²) in [6.45, 7) is 4.28. The van der Waals surface area contributed by atoms with Gasteiger partial charge < -0.3 is 40.1 Å². The number of ether oxygens (including phenoxy) is 2. The van der Waals surface area contributed by atoms with Crippen molar-refractivity contribution in [3.05, 3.63) is 23.3 Å². The Labute approximate surface area is 234 Å². The third-order valence-electron chi connectivity index (χ3n) is 6.66. The van der Waals surface area contributed by atoms with E-state index in [9.17, 15) is 40.2 Å². The maximum atomic E-state index is 13.0. The molecule has 0 radical (unpaired) electrons. The lowest BCUT2D eigenvalue weighted by Gasteiger charge is -2.18. The molecule has 0 aliphatic rings. The minimum atomic E-state index is -1.04. The quantitative estimate of drug-likeness (QED) is 0.0698. The minimum Gasteiger partial charge on any atom is -0.504 e. The monoisotopic (exact) mass is 562 g/mol. The third kappa shape index (κ3) is 8.59. The molecule has 0 amide bonds. The van der Waals surface area contributed by atoms with Crippen LogP contribution in [0, 0.1) is 0 Å². The number of aromatic hydroxyl groups is 6. The van der Waals surface area contributed by atoms with Crippen molar-refractivity contribution in [1.82, 2.24) is 0 Å². The van der Waals surface area contributed by atoms with Crippen LogP contribution in [0.3, 0.4) is 0 Å². The molecule has 2 rings (SSSR count). The molecule has 10 nitrogen and oxygen atoms in total. The first kappa shape index (κ1) is 32.4. The molecule has 222 valence electrons. The largest absolute Gasteiger partial charge is 0.504 e. The van der Waals surface area contributed by atoms with Crippen molar-refractivity contribution in [3.8, 4) is 45.6 Å². The van der Waals surface area contributed by atoms with Gasteiger partial charge in [-0.05, 0) is 25.0 Å². The van der Waals surface area contributed by atoms with Crippen molar-refractivity contribution in [2.75, 3.05) is 13.2 Å². The molecule has 0 fully saturated rings. The first-order chi connectivity index (χ1) is 19.1. The van der Waals surface area contributed by atoms with E-state index >= 15 is 0 Å². The Hall–Kier alpha value is -3.82. The Morgan fingerprint density at radius 2 is 0.850 bits per heavy atom. The minimum absolute atomic E-state index is 0.0345. The average Bonchev–Trinajstić information content (AvgIpc) is 2.93. The van der Waals surface area contributed by atoms with Crippen LogP contribution < -0.4 is 0 Å². The highest BCUT2D eigenvalue weighted by Gasteiger charge is 2.32. The second kappa shape index (κ2) is 16.3. The summed E-state index contributed by atoms with van der Waals surface area (Å²) in [5.74, 6) is -7.85. The number of esters is 2. The average molecular weight is 563 g/mol. The highest BCUT2D eigenvalue weighted by atomic mass is 16.5. The number of unbranched alkanes of at least 4 members (excludes halogenated alkanes) is 10. The fraction of sp³-hybridized carbons (Fsp3) is 0.533. The molecule has 2 aromatic rings. The van der Waals surface area contributed by atoms with Crippen molar-refractivity contribution < 1.29 is 49.7 Å². The van der Waals surface area contributed by atoms with Crippen molar-refractivity contribution in [1.29, 1.82) is 0 Å². The molecular weight excluding hydrogens is 520 g/mol. The first-order valence-electron chi connectivity index (χ1n) is 14.1. The summed E-state index contributed by atoms with van der Waals surface area (Å²) in [5, 5.41) is 62.1. The van der Waals surface area contributed by atoms with Crippen LogP contribution in [-0.4, -0.2) is 55.8 Å². The topological polar surface area (TPSA) is 174 Å². The van der Waals surface area contributed by atoms with Gasteiger partial charge >= 0.3 is 11.9 Å². The Bertz CT molecular complexity index is 1050. The van der Waals surface area contributed by atoms with Gasteiger partial charge in [0.25, 0.3) is 0 Å². The second-order valence-corrected chi connectivity index (χ2v) is 9.84. The van der Waals surface area contributed by atoms with E-state index in [1.165, 1.54) is 0 Å². The molecule has 0 saturated carbocycles. The van der Waals surface area contributed by atoms with E-state index in [0.717, 1.165) is 76.3 Å². The first-order valence-corrected chi connectivity index (χ1v) is 14.1. The van der Waals surface area contributed by atoms with Crippen LogP contribution in [0.2, 0.25) is 0 Å². The van der Waals surface area contributed by atoms with E-state index in [4.69, 9.17) is 9.47 Å². The van der Waals surface area contributed by atoms with Crippen molar-refractivity contribution in [3.63, 3.8) is 0 Å². The SMILES string of the molecule is CCCCCCCCOC(=O)c1cc(O)c(O)c(O)c1-c1c(C(=O)OCCCCCCCC)cc(O)c(O)c1O. The molecule has 0 aromatic heterocycles. The van der Waals surface area contributed by atoms with E-state index in [1.54, 1.807) is 0 Å². The third-order valence-corrected chi connectivity index (χ3v) is 6.66. The van der Waals surface area contributed by atoms with Gasteiger partial charge in [0, 0.05) is 11.1 Å². The summed E-state index contributed by atoms with van der Waals surface area (Å²) in [7, 11) is 0. The molecule has 0 atom stereocenters. The van der Waals surface area contributed by atoms with Gasteiger partial charge in [-0.25, -0.2) is 9.59 Å². The zero-order valence-corrected chi connectivity index (χ0v) is 23.4. The van der Waals surface area contributed by atoms with Crippen LogP contribution in [0.25, 0.3) is 11.1 Å². The molecule has 0 unspecified atom stereocenters. The maximum Gasteiger partial charge on any atom is 0.339 e. The van der Waals surface area contributed by atoms with Crippen LogP contribution >= 0.6 is 0 Å². The Kier molecular flexibility index (Phi) is 13.2. The lowest BCUT2D eigenvalue weighted by molar-refractivity contribution is 0.0485. The van der Waals surface area contributed by atoms with Gasteiger partial charge in [0.1, 0.15) is 0 Å². The Morgan fingerprint density at radius 3 is 1.20 bits per heavy atom. The number of hydrogen-bond donors (Lipinski definition) is 6. The fourth-order valence-electron chi connectivity index (χ4n) is 4.37. The van der Waals surface area contributed by atoms with Crippen molar-refractivity contribution in [2.45, 2.75) is 90.9 Å². The second-order valence-electron chi connectivity index (χ2n) is 9.84. The van der Waals surface area contributed by atoms with Crippen LogP contribution in [0.15, 0.2) is 12.1 Å². The van der Waals surface area contributed by atoms with Crippen molar-refractivity contribution in [2.24, 2.45) is 0 Å². The summed E-state index contributed by atoms with van der Waals surface area (Å²) in [4.78, 5) is 26.0. The summed E-state index contributed by atoms with van der Waals surface area (Å²) in [6.07, 6.45) is 11.3. The van der Waals surface area contributed by atoms with E-state index in [-0.39, 0.29) is 13.2 Å². The maximum absolute atomic E-state index is 13.0. The van der Waals surface area contributed by atoms with E-state index in [0.29, 0.717) is 12.8 Å². The number of phenols is 6. The fourth-order valence-corrected chi connectivity index (χ4v) is 4.37. The van der Waals surface area contributed by atoms with E-state index in [1.807, 2.05) is 0 Å². The summed E-state index contributed by atoms with van der Waals surface area (Å²) < 4.78 is 10.6. The van der Waals surface area contributed by atoms with Crippen LogP contribution in [0.5, 0.6) is 34.5 Å². The predicted octanol–water partition coefficient (Wildman–Crippen LogP) is 6.62. The Morgan fingerprint density at radius 1 is 0.525 bits per heavy atom. The number of rotatable bonds is 17. The molecule has 6 N–H and O–H groups in total. The number of benzene rings is 2. The summed E-state index contributed by atoms with van der Waals surface area (Å²) in [5.41, 5.74) is -2.13.